The van der Waals surface area contributed by atoms with Crippen molar-refractivity contribution in [2.24, 2.45) is 0 Å². The SMILES string of the molecule is COc1cc(OC)c2c(=O)[nH]c(-c3cccc(N4CCOCC4)n3)nc2c1.Cl. The zero-order valence-corrected chi connectivity index (χ0v) is 16.4. The van der Waals surface area contributed by atoms with Crippen molar-refractivity contribution in [3.05, 3.63) is 40.7 Å². The number of nitrogens with one attached hydrogen (secondary N) is 1. The van der Waals surface area contributed by atoms with E-state index in [1.807, 2.05) is 18.2 Å². The van der Waals surface area contributed by atoms with Gasteiger partial charge in [-0.25, -0.2) is 9.97 Å². The second-order valence-electron chi connectivity index (χ2n) is 6.12. The van der Waals surface area contributed by atoms with Gasteiger partial charge in [-0.2, -0.15) is 0 Å². The first-order chi connectivity index (χ1) is 13.2. The molecule has 0 saturated carbocycles. The molecule has 1 aliphatic heterocycles. The third-order valence-electron chi connectivity index (χ3n) is 4.51. The molecule has 0 spiro atoms. The fourth-order valence-electron chi connectivity index (χ4n) is 3.13. The monoisotopic (exact) mass is 404 g/mol. The molecule has 0 bridgehead atoms. The molecule has 0 amide bonds. The summed E-state index contributed by atoms with van der Waals surface area (Å²) in [7, 11) is 3.07. The van der Waals surface area contributed by atoms with E-state index < -0.39 is 0 Å². The minimum Gasteiger partial charge on any atom is -0.497 e. The number of H-pyrrole nitrogens is 1. The maximum Gasteiger partial charge on any atom is 0.262 e. The Morgan fingerprint density at radius 2 is 1.89 bits per heavy atom. The number of morpholine rings is 1. The van der Waals surface area contributed by atoms with Crippen LogP contribution in [0.25, 0.3) is 22.4 Å². The van der Waals surface area contributed by atoms with Crippen LogP contribution in [0.3, 0.4) is 0 Å². The van der Waals surface area contributed by atoms with Gasteiger partial charge in [0.05, 0.1) is 33.0 Å². The molecule has 1 fully saturated rings. The van der Waals surface area contributed by atoms with Crippen molar-refractivity contribution in [3.8, 4) is 23.0 Å². The second kappa shape index (κ2) is 8.45. The number of halogens is 1. The van der Waals surface area contributed by atoms with Crippen molar-refractivity contribution in [1.82, 2.24) is 15.0 Å². The maximum atomic E-state index is 12.7. The van der Waals surface area contributed by atoms with Crippen LogP contribution < -0.4 is 19.9 Å². The minimum atomic E-state index is -0.284. The molecule has 4 rings (SSSR count). The maximum absolute atomic E-state index is 12.7. The highest BCUT2D eigenvalue weighted by Gasteiger charge is 2.16. The van der Waals surface area contributed by atoms with E-state index in [1.54, 1.807) is 19.2 Å². The summed E-state index contributed by atoms with van der Waals surface area (Å²) >= 11 is 0. The molecule has 1 aliphatic rings. The van der Waals surface area contributed by atoms with Crippen molar-refractivity contribution in [3.63, 3.8) is 0 Å². The van der Waals surface area contributed by atoms with Crippen molar-refractivity contribution in [2.75, 3.05) is 45.4 Å². The van der Waals surface area contributed by atoms with Gasteiger partial charge in [-0.1, -0.05) is 6.07 Å². The lowest BCUT2D eigenvalue weighted by Gasteiger charge is -2.27. The normalized spacial score (nSPS) is 13.9. The summed E-state index contributed by atoms with van der Waals surface area (Å²) in [5.41, 5.74) is 0.802. The quantitative estimate of drug-likeness (QED) is 0.713. The molecule has 28 heavy (non-hydrogen) atoms. The number of nitrogens with zero attached hydrogens (tertiary/aromatic N) is 3. The van der Waals surface area contributed by atoms with Gasteiger partial charge in [0.25, 0.3) is 5.56 Å². The molecule has 0 atom stereocenters. The smallest absolute Gasteiger partial charge is 0.262 e. The average Bonchev–Trinajstić information content (AvgIpc) is 2.73. The molecule has 0 unspecified atom stereocenters. The predicted molar refractivity (Wildman–Crippen MR) is 109 cm³/mol. The van der Waals surface area contributed by atoms with E-state index in [0.29, 0.717) is 47.1 Å². The van der Waals surface area contributed by atoms with E-state index in [9.17, 15) is 4.79 Å². The van der Waals surface area contributed by atoms with Gasteiger partial charge in [-0.3, -0.25) is 4.79 Å². The summed E-state index contributed by atoms with van der Waals surface area (Å²) in [5, 5.41) is 0.381. The summed E-state index contributed by atoms with van der Waals surface area (Å²) in [5.74, 6) is 2.22. The lowest BCUT2D eigenvalue weighted by Crippen LogP contribution is -2.36. The first-order valence-corrected chi connectivity index (χ1v) is 8.66. The standard InChI is InChI=1S/C19H20N4O4.ClH/c1-25-12-10-14-17(15(11-12)26-2)19(24)22-18(21-14)13-4-3-5-16(20-13)23-6-8-27-9-7-23;/h3-5,10-11H,6-9H2,1-2H3,(H,21,22,24);1H. The molecule has 8 nitrogen and oxygen atoms in total. The summed E-state index contributed by atoms with van der Waals surface area (Å²) < 4.78 is 16.0. The van der Waals surface area contributed by atoms with Crippen LogP contribution in [-0.4, -0.2) is 55.5 Å². The minimum absolute atomic E-state index is 0. The van der Waals surface area contributed by atoms with Gasteiger partial charge in [-0.05, 0) is 12.1 Å². The number of rotatable bonds is 4. The lowest BCUT2D eigenvalue weighted by molar-refractivity contribution is 0.122. The first-order valence-electron chi connectivity index (χ1n) is 8.66. The van der Waals surface area contributed by atoms with Gasteiger partial charge in [0.15, 0.2) is 5.82 Å². The topological polar surface area (TPSA) is 89.6 Å². The van der Waals surface area contributed by atoms with Crippen LogP contribution in [0.5, 0.6) is 11.5 Å². The molecule has 1 aromatic carbocycles. The third kappa shape index (κ3) is 3.74. The highest BCUT2D eigenvalue weighted by atomic mass is 35.5. The van der Waals surface area contributed by atoms with Crippen LogP contribution in [0.15, 0.2) is 35.1 Å². The fraction of sp³-hybridized carbons (Fsp3) is 0.316. The average molecular weight is 405 g/mol. The number of hydrogen-bond acceptors (Lipinski definition) is 7. The predicted octanol–water partition coefficient (Wildman–Crippen LogP) is 2.26. The summed E-state index contributed by atoms with van der Waals surface area (Å²) in [4.78, 5) is 26.9. The van der Waals surface area contributed by atoms with Crippen molar-refractivity contribution < 1.29 is 14.2 Å². The van der Waals surface area contributed by atoms with Crippen molar-refractivity contribution in [1.29, 1.82) is 0 Å². The van der Waals surface area contributed by atoms with Crippen LogP contribution >= 0.6 is 12.4 Å². The van der Waals surface area contributed by atoms with Crippen LogP contribution in [-0.2, 0) is 4.74 Å². The van der Waals surface area contributed by atoms with Gasteiger partial charge in [0, 0.05) is 25.2 Å². The molecule has 0 aliphatic carbocycles. The molecule has 1 N–H and O–H groups in total. The Kier molecular flexibility index (Phi) is 6.01. The number of ether oxygens (including phenoxy) is 3. The second-order valence-corrected chi connectivity index (χ2v) is 6.12. The van der Waals surface area contributed by atoms with Gasteiger partial charge in [0.1, 0.15) is 28.4 Å². The Bertz CT molecular complexity index is 1030. The van der Waals surface area contributed by atoms with E-state index in [0.717, 1.165) is 18.9 Å². The molecule has 9 heteroatoms. The zero-order valence-electron chi connectivity index (χ0n) is 15.6. The zero-order chi connectivity index (χ0) is 18.8. The molecule has 3 heterocycles. The number of fused-ring (bicyclic) bond motifs is 1. The van der Waals surface area contributed by atoms with Gasteiger partial charge in [0.2, 0.25) is 0 Å². The van der Waals surface area contributed by atoms with E-state index in [2.05, 4.69) is 19.9 Å². The Labute approximate surface area is 167 Å². The first kappa shape index (κ1) is 19.9. The van der Waals surface area contributed by atoms with Crippen molar-refractivity contribution >= 4 is 29.1 Å². The number of benzene rings is 1. The molecule has 3 aromatic rings. The van der Waals surface area contributed by atoms with Gasteiger partial charge >= 0.3 is 0 Å². The molecular weight excluding hydrogens is 384 g/mol. The highest BCUT2D eigenvalue weighted by molar-refractivity contribution is 5.87. The molecular formula is C19H21ClN4O4. The number of hydrogen-bond donors (Lipinski definition) is 1. The number of aromatic amines is 1. The number of anilines is 1. The van der Waals surface area contributed by atoms with E-state index in [1.165, 1.54) is 7.11 Å². The van der Waals surface area contributed by atoms with Crippen LogP contribution in [0.4, 0.5) is 5.82 Å². The Morgan fingerprint density at radius 3 is 2.61 bits per heavy atom. The molecule has 148 valence electrons. The van der Waals surface area contributed by atoms with E-state index >= 15 is 0 Å². The number of aromatic nitrogens is 3. The Balaban J connectivity index is 0.00000225. The lowest BCUT2D eigenvalue weighted by atomic mass is 10.2. The largest absolute Gasteiger partial charge is 0.497 e. The number of methoxy groups -OCH3 is 2. The van der Waals surface area contributed by atoms with Gasteiger partial charge in [-0.15, -0.1) is 12.4 Å². The van der Waals surface area contributed by atoms with Crippen LogP contribution in [0.1, 0.15) is 0 Å². The summed E-state index contributed by atoms with van der Waals surface area (Å²) in [6.07, 6.45) is 0. The van der Waals surface area contributed by atoms with E-state index in [4.69, 9.17) is 14.2 Å². The third-order valence-corrected chi connectivity index (χ3v) is 4.51. The van der Waals surface area contributed by atoms with Crippen LogP contribution in [0.2, 0.25) is 0 Å². The Hall–Kier alpha value is -2.84. The molecule has 2 aromatic heterocycles. The summed E-state index contributed by atoms with van der Waals surface area (Å²) in [6.45, 7) is 2.92. The van der Waals surface area contributed by atoms with Gasteiger partial charge < -0.3 is 24.1 Å². The fourth-order valence-corrected chi connectivity index (χ4v) is 3.13. The highest BCUT2D eigenvalue weighted by Crippen LogP contribution is 2.28. The van der Waals surface area contributed by atoms with Crippen molar-refractivity contribution in [2.45, 2.75) is 0 Å². The molecule has 0 radical (unpaired) electrons. The summed E-state index contributed by atoms with van der Waals surface area (Å²) in [6, 6.07) is 9.05. The number of pyridine rings is 1. The van der Waals surface area contributed by atoms with E-state index in [-0.39, 0.29) is 18.0 Å². The Morgan fingerprint density at radius 1 is 1.11 bits per heavy atom. The van der Waals surface area contributed by atoms with Crippen LogP contribution in [0, 0.1) is 0 Å². The molecule has 1 saturated heterocycles.